The Kier molecular flexibility index (Phi) is 12.7. The maximum Gasteiger partial charge on any atom is 0.312 e. The molecule has 0 N–H and O–H groups in total. The molecule has 0 unspecified atom stereocenters. The van der Waals surface area contributed by atoms with Crippen LogP contribution in [-0.4, -0.2) is 46.6 Å². The van der Waals surface area contributed by atoms with Crippen LogP contribution in [0.2, 0.25) is 0 Å². The van der Waals surface area contributed by atoms with Crippen LogP contribution >= 0.6 is 0 Å². The van der Waals surface area contributed by atoms with E-state index in [0.717, 1.165) is 30.2 Å². The summed E-state index contributed by atoms with van der Waals surface area (Å²) in [5.74, 6) is -0.815. The minimum absolute atomic E-state index is 0.0242. The van der Waals surface area contributed by atoms with Crippen LogP contribution in [0, 0.1) is 5.92 Å². The van der Waals surface area contributed by atoms with Gasteiger partial charge in [0.15, 0.2) is 0 Å². The second-order valence-corrected chi connectivity index (χ2v) is 9.86. The van der Waals surface area contributed by atoms with Gasteiger partial charge in [-0.3, -0.25) is 8.98 Å². The highest BCUT2D eigenvalue weighted by Crippen LogP contribution is 2.18. The molecular formula is C27H36O7S. The summed E-state index contributed by atoms with van der Waals surface area (Å²) in [6.07, 6.45) is 5.06. The molecule has 0 saturated carbocycles. The zero-order valence-corrected chi connectivity index (χ0v) is 21.5. The van der Waals surface area contributed by atoms with E-state index < -0.39 is 28.2 Å². The molecule has 3 atom stereocenters. The Morgan fingerprint density at radius 3 is 2.09 bits per heavy atom. The number of hydrogen-bond acceptors (Lipinski definition) is 7. The Balaban J connectivity index is 2.24. The van der Waals surface area contributed by atoms with Gasteiger partial charge in [0, 0.05) is 0 Å². The maximum atomic E-state index is 12.3. The first-order valence-electron chi connectivity index (χ1n) is 11.7. The van der Waals surface area contributed by atoms with Crippen molar-refractivity contribution in [3.8, 4) is 0 Å². The van der Waals surface area contributed by atoms with Crippen LogP contribution in [0.15, 0.2) is 72.8 Å². The summed E-state index contributed by atoms with van der Waals surface area (Å²) in [5.41, 5.74) is 1.87. The van der Waals surface area contributed by atoms with Crippen molar-refractivity contribution in [1.82, 2.24) is 0 Å². The monoisotopic (exact) mass is 504 g/mol. The number of esters is 1. The number of unbranched alkanes of at least 4 members (excludes halogenated alkanes) is 1. The molecule has 0 aliphatic carbocycles. The number of carbonyl (C=O) groups is 1. The summed E-state index contributed by atoms with van der Waals surface area (Å²) in [6, 6.07) is 19.1. The number of carbonyl (C=O) groups excluding carboxylic acids is 1. The fourth-order valence-electron chi connectivity index (χ4n) is 3.43. The molecule has 0 aliphatic heterocycles. The van der Waals surface area contributed by atoms with Crippen LogP contribution < -0.4 is 0 Å². The van der Waals surface area contributed by atoms with Crippen LogP contribution in [0.5, 0.6) is 0 Å². The van der Waals surface area contributed by atoms with E-state index in [1.54, 1.807) is 12.2 Å². The molecule has 0 aromatic heterocycles. The van der Waals surface area contributed by atoms with Gasteiger partial charge in [-0.2, -0.15) is 8.42 Å². The Labute approximate surface area is 209 Å². The van der Waals surface area contributed by atoms with Gasteiger partial charge in [0.25, 0.3) is 10.1 Å². The van der Waals surface area contributed by atoms with Gasteiger partial charge in [-0.15, -0.1) is 0 Å². The van der Waals surface area contributed by atoms with Gasteiger partial charge in [0.05, 0.1) is 39.1 Å². The molecule has 0 aliphatic rings. The maximum absolute atomic E-state index is 12.3. The quantitative estimate of drug-likeness (QED) is 0.186. The first-order chi connectivity index (χ1) is 16.8. The molecule has 2 rings (SSSR count). The Morgan fingerprint density at radius 2 is 1.54 bits per heavy atom. The van der Waals surface area contributed by atoms with E-state index in [1.165, 1.54) is 7.11 Å². The standard InChI is InChI=1S/C27H36O7S/c1-4-5-16-24(27(28)31-2)17-18-25(33-20-23-14-10-7-11-15-23)26(34-35(3,29)30)21-32-19-22-12-8-6-9-13-22/h6-15,17-18,24-26H,4-5,16,19-21H2,1-3H3/b18-17+/t24-,25+,26+/m0/s1. The highest BCUT2D eigenvalue weighted by Gasteiger charge is 2.27. The lowest BCUT2D eigenvalue weighted by atomic mass is 10.0. The van der Waals surface area contributed by atoms with Crippen molar-refractivity contribution in [2.45, 2.75) is 51.6 Å². The molecule has 0 fully saturated rings. The van der Waals surface area contributed by atoms with Gasteiger partial charge in [-0.1, -0.05) is 92.6 Å². The summed E-state index contributed by atoms with van der Waals surface area (Å²) < 4.78 is 46.3. The fraction of sp³-hybridized carbons (Fsp3) is 0.444. The van der Waals surface area contributed by atoms with Crippen LogP contribution in [0.4, 0.5) is 0 Å². The molecular weight excluding hydrogens is 468 g/mol. The van der Waals surface area contributed by atoms with Gasteiger partial charge >= 0.3 is 5.97 Å². The summed E-state index contributed by atoms with van der Waals surface area (Å²) in [6.45, 7) is 2.55. The molecule has 0 heterocycles. The Bertz CT molecular complexity index is 991. The van der Waals surface area contributed by atoms with Crippen LogP contribution in [0.1, 0.15) is 37.3 Å². The van der Waals surface area contributed by atoms with Crippen LogP contribution in [-0.2, 0) is 46.5 Å². The van der Waals surface area contributed by atoms with Crippen molar-refractivity contribution >= 4 is 16.1 Å². The smallest absolute Gasteiger partial charge is 0.312 e. The van der Waals surface area contributed by atoms with Crippen molar-refractivity contribution < 1.29 is 31.6 Å². The van der Waals surface area contributed by atoms with Gasteiger partial charge < -0.3 is 14.2 Å². The molecule has 0 radical (unpaired) electrons. The van der Waals surface area contributed by atoms with Gasteiger partial charge in [-0.25, -0.2) is 0 Å². The Hall–Kier alpha value is -2.52. The zero-order valence-electron chi connectivity index (χ0n) is 20.7. The van der Waals surface area contributed by atoms with E-state index in [2.05, 4.69) is 0 Å². The molecule has 8 heteroatoms. The second-order valence-electron chi connectivity index (χ2n) is 8.26. The summed E-state index contributed by atoms with van der Waals surface area (Å²) in [5, 5.41) is 0. The zero-order chi connectivity index (χ0) is 25.5. The number of ether oxygens (including phenoxy) is 3. The number of rotatable bonds is 16. The van der Waals surface area contributed by atoms with Crippen molar-refractivity contribution in [3.05, 3.63) is 83.9 Å². The second kappa shape index (κ2) is 15.5. The number of methoxy groups -OCH3 is 1. The van der Waals surface area contributed by atoms with E-state index in [-0.39, 0.29) is 19.2 Å². The number of hydrogen-bond donors (Lipinski definition) is 0. The predicted molar refractivity (Wildman–Crippen MR) is 135 cm³/mol. The van der Waals surface area contributed by atoms with E-state index >= 15 is 0 Å². The minimum atomic E-state index is -3.81. The lowest BCUT2D eigenvalue weighted by Gasteiger charge is -2.25. The van der Waals surface area contributed by atoms with Crippen molar-refractivity contribution in [3.63, 3.8) is 0 Å². The Morgan fingerprint density at radius 1 is 0.943 bits per heavy atom. The van der Waals surface area contributed by atoms with Gasteiger partial charge in [-0.05, 0) is 17.5 Å². The fourth-order valence-corrected chi connectivity index (χ4v) is 4.05. The van der Waals surface area contributed by atoms with Crippen molar-refractivity contribution in [1.29, 1.82) is 0 Å². The normalized spacial score (nSPS) is 14.5. The van der Waals surface area contributed by atoms with Crippen LogP contribution in [0.3, 0.4) is 0 Å². The van der Waals surface area contributed by atoms with E-state index in [9.17, 15) is 13.2 Å². The number of benzene rings is 2. The summed E-state index contributed by atoms with van der Waals surface area (Å²) in [4.78, 5) is 12.3. The molecule has 0 saturated heterocycles. The molecule has 2 aromatic carbocycles. The highest BCUT2D eigenvalue weighted by molar-refractivity contribution is 7.86. The highest BCUT2D eigenvalue weighted by atomic mass is 32.2. The molecule has 7 nitrogen and oxygen atoms in total. The van der Waals surface area contributed by atoms with E-state index in [1.807, 2.05) is 67.6 Å². The molecule has 35 heavy (non-hydrogen) atoms. The average Bonchev–Trinajstić information content (AvgIpc) is 2.85. The SMILES string of the molecule is CCCC[C@@H](/C=C/[C@@H](OCc1ccccc1)[C@@H](COCc1ccccc1)OS(C)(=O)=O)C(=O)OC. The van der Waals surface area contributed by atoms with Crippen molar-refractivity contribution in [2.75, 3.05) is 20.0 Å². The van der Waals surface area contributed by atoms with Gasteiger partial charge in [0.1, 0.15) is 12.2 Å². The molecule has 0 bridgehead atoms. The third-order valence-corrected chi connectivity index (χ3v) is 5.85. The predicted octanol–water partition coefficient (Wildman–Crippen LogP) is 4.67. The van der Waals surface area contributed by atoms with Gasteiger partial charge in [0.2, 0.25) is 0 Å². The summed E-state index contributed by atoms with van der Waals surface area (Å²) in [7, 11) is -2.45. The van der Waals surface area contributed by atoms with Crippen molar-refractivity contribution in [2.24, 2.45) is 5.92 Å². The average molecular weight is 505 g/mol. The topological polar surface area (TPSA) is 88.1 Å². The lowest BCUT2D eigenvalue weighted by molar-refractivity contribution is -0.144. The first-order valence-corrected chi connectivity index (χ1v) is 13.6. The molecule has 0 amide bonds. The minimum Gasteiger partial charge on any atom is -0.469 e. The third kappa shape index (κ3) is 11.6. The lowest BCUT2D eigenvalue weighted by Crippen LogP contribution is -2.36. The van der Waals surface area contributed by atoms with E-state index in [4.69, 9.17) is 18.4 Å². The molecule has 2 aromatic rings. The molecule has 0 spiro atoms. The largest absolute Gasteiger partial charge is 0.469 e. The molecule has 192 valence electrons. The summed E-state index contributed by atoms with van der Waals surface area (Å²) >= 11 is 0. The third-order valence-electron chi connectivity index (χ3n) is 5.25. The van der Waals surface area contributed by atoms with Crippen LogP contribution in [0.25, 0.3) is 0 Å². The first kappa shape index (κ1) is 28.7. The van der Waals surface area contributed by atoms with E-state index in [0.29, 0.717) is 13.0 Å².